The molecular formula is C20H26N2O. The van der Waals surface area contributed by atoms with E-state index in [1.54, 1.807) is 0 Å². The van der Waals surface area contributed by atoms with Gasteiger partial charge in [-0.15, -0.1) is 0 Å². The van der Waals surface area contributed by atoms with Crippen LogP contribution in [-0.2, 0) is 0 Å². The quantitative estimate of drug-likeness (QED) is 0.772. The Hall–Kier alpha value is -1.06. The predicted octanol–water partition coefficient (Wildman–Crippen LogP) is 3.17. The third-order valence-corrected chi connectivity index (χ3v) is 8.73. The molecule has 23 heavy (non-hydrogen) atoms. The van der Waals surface area contributed by atoms with E-state index in [0.29, 0.717) is 18.0 Å². The lowest BCUT2D eigenvalue weighted by Crippen LogP contribution is -2.72. The molecule has 4 bridgehead atoms. The van der Waals surface area contributed by atoms with E-state index in [0.717, 1.165) is 12.3 Å². The van der Waals surface area contributed by atoms with Gasteiger partial charge in [-0.3, -0.25) is 4.90 Å². The van der Waals surface area contributed by atoms with Gasteiger partial charge in [-0.1, -0.05) is 25.1 Å². The normalized spacial score (nSPS) is 54.0. The average Bonchev–Trinajstić information content (AvgIpc) is 3.06. The van der Waals surface area contributed by atoms with E-state index in [1.807, 2.05) is 0 Å². The van der Waals surface area contributed by atoms with Crippen LogP contribution in [0.4, 0.5) is 5.69 Å². The Morgan fingerprint density at radius 1 is 1.13 bits per heavy atom. The van der Waals surface area contributed by atoms with Crippen LogP contribution in [0, 0.1) is 17.3 Å². The largest absolute Gasteiger partial charge is 0.393 e. The van der Waals surface area contributed by atoms with Gasteiger partial charge in [0.2, 0.25) is 0 Å². The fourth-order valence-corrected chi connectivity index (χ4v) is 7.84. The number of nitrogens with one attached hydrogen (secondary N) is 1. The van der Waals surface area contributed by atoms with Crippen LogP contribution in [0.5, 0.6) is 0 Å². The number of rotatable bonds is 0. The first-order valence-corrected chi connectivity index (χ1v) is 9.24. The minimum Gasteiger partial charge on any atom is -0.393 e. The Bertz CT molecular complexity index is 730. The van der Waals surface area contributed by atoms with Gasteiger partial charge in [0, 0.05) is 23.2 Å². The summed E-state index contributed by atoms with van der Waals surface area (Å²) in [5.41, 5.74) is 3.23. The van der Waals surface area contributed by atoms with E-state index >= 15 is 0 Å². The average molecular weight is 310 g/mol. The maximum atomic E-state index is 11.0. The molecule has 3 heterocycles. The summed E-state index contributed by atoms with van der Waals surface area (Å²) in [4.78, 5) is 2.81. The van der Waals surface area contributed by atoms with Gasteiger partial charge in [-0.25, -0.2) is 0 Å². The van der Waals surface area contributed by atoms with Crippen LogP contribution in [0.3, 0.4) is 0 Å². The molecule has 0 amide bonds. The molecule has 5 aliphatic rings. The lowest BCUT2D eigenvalue weighted by Gasteiger charge is -2.67. The molecule has 0 radical (unpaired) electrons. The first kappa shape index (κ1) is 13.3. The summed E-state index contributed by atoms with van der Waals surface area (Å²) in [5, 5.41) is 15.0. The molecule has 0 unspecified atom stereocenters. The standard InChI is InChI=1S/C20H26N2O/c1-18(2)13-8-12-15-9-20(19(12,3)10-16(13)23)17(22(15)18)11-6-4-5-7-14(11)21-20/h4-7,12-13,15-17,21,23H,8-10H2,1-3H3/t12-,13-,15-,16+,17+,19-,20+/m1/s1. The molecule has 1 aromatic carbocycles. The van der Waals surface area contributed by atoms with Crippen molar-refractivity contribution in [3.05, 3.63) is 29.8 Å². The van der Waals surface area contributed by atoms with E-state index in [-0.39, 0.29) is 22.6 Å². The van der Waals surface area contributed by atoms with Gasteiger partial charge in [0.15, 0.2) is 0 Å². The predicted molar refractivity (Wildman–Crippen MR) is 90.2 cm³/mol. The lowest BCUT2D eigenvalue weighted by atomic mass is 9.50. The Kier molecular flexibility index (Phi) is 2.00. The Morgan fingerprint density at radius 2 is 1.91 bits per heavy atom. The number of nitrogens with zero attached hydrogens (tertiary/aromatic N) is 1. The van der Waals surface area contributed by atoms with Gasteiger partial charge >= 0.3 is 0 Å². The third-order valence-electron chi connectivity index (χ3n) is 8.73. The molecule has 3 heteroatoms. The fraction of sp³-hybridized carbons (Fsp3) is 0.700. The summed E-state index contributed by atoms with van der Waals surface area (Å²) in [6.45, 7) is 7.24. The lowest BCUT2D eigenvalue weighted by molar-refractivity contribution is -0.199. The molecule has 2 saturated heterocycles. The van der Waals surface area contributed by atoms with Crippen LogP contribution in [0.1, 0.15) is 51.6 Å². The second-order valence-corrected chi connectivity index (χ2v) is 9.56. The molecule has 1 aromatic rings. The van der Waals surface area contributed by atoms with Crippen molar-refractivity contribution in [1.29, 1.82) is 0 Å². The molecule has 122 valence electrons. The first-order valence-electron chi connectivity index (χ1n) is 9.24. The molecular weight excluding hydrogens is 284 g/mol. The topological polar surface area (TPSA) is 35.5 Å². The van der Waals surface area contributed by atoms with Gasteiger partial charge in [-0.05, 0) is 56.1 Å². The number of hydrogen-bond acceptors (Lipinski definition) is 3. The number of aliphatic hydroxyl groups is 1. The minimum atomic E-state index is -0.156. The zero-order valence-electron chi connectivity index (χ0n) is 14.2. The molecule has 2 saturated carbocycles. The van der Waals surface area contributed by atoms with Gasteiger partial charge in [-0.2, -0.15) is 0 Å². The van der Waals surface area contributed by atoms with Crippen LogP contribution in [0.2, 0.25) is 0 Å². The molecule has 0 aromatic heterocycles. The second-order valence-electron chi connectivity index (χ2n) is 9.56. The monoisotopic (exact) mass is 310 g/mol. The summed E-state index contributed by atoms with van der Waals surface area (Å²) < 4.78 is 0. The summed E-state index contributed by atoms with van der Waals surface area (Å²) in [6.07, 6.45) is 3.26. The SMILES string of the molecule is CC1(C)[C@@H]2C[C@@H]3[C@H]4C[C@@]5(Nc6ccccc6[C@@H]5N41)[C@]3(C)C[C@@H]2O. The van der Waals surface area contributed by atoms with Crippen molar-refractivity contribution in [2.45, 2.75) is 69.3 Å². The number of piperidine rings is 2. The molecule has 4 fully saturated rings. The summed E-state index contributed by atoms with van der Waals surface area (Å²) in [6, 6.07) is 10.1. The highest BCUT2D eigenvalue weighted by Crippen LogP contribution is 2.76. The molecule has 2 aliphatic carbocycles. The van der Waals surface area contributed by atoms with E-state index in [1.165, 1.54) is 24.1 Å². The number of para-hydroxylation sites is 1. The van der Waals surface area contributed by atoms with Crippen molar-refractivity contribution in [3.8, 4) is 0 Å². The van der Waals surface area contributed by atoms with Crippen molar-refractivity contribution >= 4 is 5.69 Å². The van der Waals surface area contributed by atoms with Crippen LogP contribution in [0.25, 0.3) is 0 Å². The Balaban J connectivity index is 1.65. The van der Waals surface area contributed by atoms with Gasteiger partial charge in [0.05, 0.1) is 17.7 Å². The van der Waals surface area contributed by atoms with Crippen molar-refractivity contribution in [2.75, 3.05) is 5.32 Å². The number of anilines is 1. The Morgan fingerprint density at radius 3 is 2.74 bits per heavy atom. The molecule has 3 nitrogen and oxygen atoms in total. The molecule has 3 aliphatic heterocycles. The number of hydrogen-bond donors (Lipinski definition) is 2. The zero-order chi connectivity index (χ0) is 15.8. The second kappa shape index (κ2) is 3.48. The van der Waals surface area contributed by atoms with Crippen molar-refractivity contribution < 1.29 is 5.11 Å². The third kappa shape index (κ3) is 1.12. The summed E-state index contributed by atoms with van der Waals surface area (Å²) in [7, 11) is 0. The first-order chi connectivity index (χ1) is 10.9. The van der Waals surface area contributed by atoms with Crippen LogP contribution in [-0.4, -0.2) is 33.2 Å². The molecule has 7 atom stereocenters. The van der Waals surface area contributed by atoms with Gasteiger partial charge in [0.1, 0.15) is 0 Å². The highest BCUT2D eigenvalue weighted by molar-refractivity contribution is 5.65. The van der Waals surface area contributed by atoms with Gasteiger partial charge < -0.3 is 10.4 Å². The van der Waals surface area contributed by atoms with Crippen molar-refractivity contribution in [2.24, 2.45) is 17.3 Å². The highest BCUT2D eigenvalue weighted by Gasteiger charge is 2.80. The van der Waals surface area contributed by atoms with Crippen LogP contribution >= 0.6 is 0 Å². The van der Waals surface area contributed by atoms with E-state index < -0.39 is 0 Å². The Labute approximate surface area is 138 Å². The summed E-state index contributed by atoms with van der Waals surface area (Å²) in [5.74, 6) is 1.16. The zero-order valence-corrected chi connectivity index (χ0v) is 14.2. The van der Waals surface area contributed by atoms with Gasteiger partial charge in [0.25, 0.3) is 0 Å². The summed E-state index contributed by atoms with van der Waals surface area (Å²) >= 11 is 0. The molecule has 2 N–H and O–H groups in total. The molecule has 6 rings (SSSR count). The van der Waals surface area contributed by atoms with Crippen LogP contribution in [0.15, 0.2) is 24.3 Å². The smallest absolute Gasteiger partial charge is 0.0643 e. The number of fused-ring (bicyclic) bond motifs is 4. The van der Waals surface area contributed by atoms with E-state index in [2.05, 4.69) is 55.3 Å². The maximum Gasteiger partial charge on any atom is 0.0643 e. The van der Waals surface area contributed by atoms with Crippen LogP contribution < -0.4 is 5.32 Å². The van der Waals surface area contributed by atoms with E-state index in [4.69, 9.17) is 0 Å². The number of benzene rings is 1. The van der Waals surface area contributed by atoms with Crippen molar-refractivity contribution in [1.82, 2.24) is 4.90 Å². The fourth-order valence-electron chi connectivity index (χ4n) is 7.84. The van der Waals surface area contributed by atoms with Crippen molar-refractivity contribution in [3.63, 3.8) is 0 Å². The maximum absolute atomic E-state index is 11.0. The number of aliphatic hydroxyl groups excluding tert-OH is 1. The highest BCUT2D eigenvalue weighted by atomic mass is 16.3. The molecule has 1 spiro atoms. The van der Waals surface area contributed by atoms with E-state index in [9.17, 15) is 5.11 Å². The minimum absolute atomic E-state index is 0.0773.